The summed E-state index contributed by atoms with van der Waals surface area (Å²) in [6.45, 7) is 4.33. The number of nitrogens with two attached hydrogens (primary N) is 1. The molecule has 1 aliphatic heterocycles. The third-order valence-electron chi connectivity index (χ3n) is 3.58. The average Bonchev–Trinajstić information content (AvgIpc) is 2.33. The Labute approximate surface area is 109 Å². The number of benzene rings is 1. The molecule has 1 aliphatic rings. The van der Waals surface area contributed by atoms with Crippen LogP contribution in [0.1, 0.15) is 31.7 Å². The number of rotatable bonds is 3. The van der Waals surface area contributed by atoms with Crippen LogP contribution in [0.2, 0.25) is 5.02 Å². The van der Waals surface area contributed by atoms with Gasteiger partial charge in [-0.15, -0.1) is 0 Å². The summed E-state index contributed by atoms with van der Waals surface area (Å²) in [5.74, 6) is 0. The van der Waals surface area contributed by atoms with Crippen LogP contribution in [0.5, 0.6) is 0 Å². The predicted octanol–water partition coefficient (Wildman–Crippen LogP) is 3.04. The van der Waals surface area contributed by atoms with Gasteiger partial charge < -0.3 is 5.73 Å². The second kappa shape index (κ2) is 5.38. The second-order valence-electron chi connectivity index (χ2n) is 5.17. The largest absolute Gasteiger partial charge is 0.313 e. The van der Waals surface area contributed by atoms with Crippen LogP contribution in [-0.2, 0) is 6.42 Å². The van der Waals surface area contributed by atoms with E-state index in [1.165, 1.54) is 19.3 Å². The van der Waals surface area contributed by atoms with Gasteiger partial charge in [0.1, 0.15) is 0 Å². The van der Waals surface area contributed by atoms with Gasteiger partial charge in [-0.3, -0.25) is 4.90 Å². The van der Waals surface area contributed by atoms with Crippen molar-refractivity contribution >= 4 is 11.6 Å². The average molecular weight is 253 g/mol. The maximum absolute atomic E-state index is 6.46. The van der Waals surface area contributed by atoms with Gasteiger partial charge >= 0.3 is 0 Å². The Kier molecular flexibility index (Phi) is 4.08. The molecular weight excluding hydrogens is 232 g/mol. The van der Waals surface area contributed by atoms with Crippen LogP contribution in [-0.4, -0.2) is 23.7 Å². The molecule has 2 nitrogen and oxygen atoms in total. The van der Waals surface area contributed by atoms with Crippen molar-refractivity contribution in [2.45, 2.75) is 38.3 Å². The zero-order valence-corrected chi connectivity index (χ0v) is 11.2. The van der Waals surface area contributed by atoms with Crippen molar-refractivity contribution < 1.29 is 0 Å². The van der Waals surface area contributed by atoms with Crippen molar-refractivity contribution in [3.05, 3.63) is 34.9 Å². The number of piperidine rings is 1. The summed E-state index contributed by atoms with van der Waals surface area (Å²) >= 11 is 6.20. The van der Waals surface area contributed by atoms with Gasteiger partial charge in [0.2, 0.25) is 0 Å². The van der Waals surface area contributed by atoms with Crippen LogP contribution < -0.4 is 5.73 Å². The first-order chi connectivity index (χ1) is 8.09. The van der Waals surface area contributed by atoms with E-state index in [0.29, 0.717) is 0 Å². The smallest absolute Gasteiger partial charge is 0.0700 e. The maximum atomic E-state index is 6.46. The van der Waals surface area contributed by atoms with Gasteiger partial charge in [-0.05, 0) is 44.5 Å². The van der Waals surface area contributed by atoms with Crippen molar-refractivity contribution in [2.24, 2.45) is 5.73 Å². The predicted molar refractivity (Wildman–Crippen MR) is 73.2 cm³/mol. The number of halogens is 1. The van der Waals surface area contributed by atoms with Gasteiger partial charge in [-0.25, -0.2) is 0 Å². The van der Waals surface area contributed by atoms with E-state index in [-0.39, 0.29) is 5.66 Å². The lowest BCUT2D eigenvalue weighted by atomic mass is 9.97. The molecular formula is C14H21ClN2. The molecule has 0 aliphatic carbocycles. The van der Waals surface area contributed by atoms with Crippen LogP contribution >= 0.6 is 11.6 Å². The summed E-state index contributed by atoms with van der Waals surface area (Å²) in [4.78, 5) is 2.39. The molecule has 2 rings (SSSR count). The van der Waals surface area contributed by atoms with Crippen LogP contribution in [0.4, 0.5) is 0 Å². The summed E-state index contributed by atoms with van der Waals surface area (Å²) in [7, 11) is 0. The van der Waals surface area contributed by atoms with Crippen LogP contribution in [0, 0.1) is 0 Å². The molecule has 0 bridgehead atoms. The first kappa shape index (κ1) is 12.9. The number of nitrogens with zero attached hydrogens (tertiary/aromatic N) is 1. The standard InChI is InChI=1S/C14H21ClN2/c1-14(16,17-9-5-2-6-10-17)11-12-7-3-4-8-13(12)15/h3-4,7-8H,2,5-6,9-11,16H2,1H3. The van der Waals surface area contributed by atoms with E-state index in [4.69, 9.17) is 17.3 Å². The van der Waals surface area contributed by atoms with E-state index in [1.54, 1.807) is 0 Å². The monoisotopic (exact) mass is 252 g/mol. The zero-order chi connectivity index (χ0) is 12.3. The first-order valence-corrected chi connectivity index (χ1v) is 6.75. The van der Waals surface area contributed by atoms with Crippen molar-refractivity contribution in [3.63, 3.8) is 0 Å². The van der Waals surface area contributed by atoms with Crippen molar-refractivity contribution in [2.75, 3.05) is 13.1 Å². The summed E-state index contributed by atoms with van der Waals surface area (Å²) in [5.41, 5.74) is 7.32. The topological polar surface area (TPSA) is 29.3 Å². The summed E-state index contributed by atoms with van der Waals surface area (Å²) < 4.78 is 0. The molecule has 94 valence electrons. The molecule has 0 saturated carbocycles. The number of likely N-dealkylation sites (tertiary alicyclic amines) is 1. The van der Waals surface area contributed by atoms with Crippen LogP contribution in [0.3, 0.4) is 0 Å². The Hall–Kier alpha value is -0.570. The van der Waals surface area contributed by atoms with E-state index in [2.05, 4.69) is 17.9 Å². The van der Waals surface area contributed by atoms with Gasteiger partial charge in [-0.2, -0.15) is 0 Å². The molecule has 1 aromatic rings. The first-order valence-electron chi connectivity index (χ1n) is 6.37. The SMILES string of the molecule is CC(N)(Cc1ccccc1Cl)N1CCCCC1. The summed E-state index contributed by atoms with van der Waals surface area (Å²) in [6.07, 6.45) is 4.66. The van der Waals surface area contributed by atoms with Crippen LogP contribution in [0.25, 0.3) is 0 Å². The van der Waals surface area contributed by atoms with Gasteiger partial charge in [-0.1, -0.05) is 36.2 Å². The molecule has 17 heavy (non-hydrogen) atoms. The second-order valence-corrected chi connectivity index (χ2v) is 5.58. The van der Waals surface area contributed by atoms with Crippen LogP contribution in [0.15, 0.2) is 24.3 Å². The fourth-order valence-corrected chi connectivity index (χ4v) is 2.75. The van der Waals surface area contributed by atoms with Crippen molar-refractivity contribution in [1.82, 2.24) is 4.90 Å². The third kappa shape index (κ3) is 3.21. The molecule has 1 unspecified atom stereocenters. The summed E-state index contributed by atoms with van der Waals surface area (Å²) in [5, 5.41) is 0.821. The molecule has 1 saturated heterocycles. The van der Waals surface area contributed by atoms with E-state index in [9.17, 15) is 0 Å². The molecule has 0 spiro atoms. The molecule has 0 aromatic heterocycles. The maximum Gasteiger partial charge on any atom is 0.0700 e. The quantitative estimate of drug-likeness (QED) is 0.896. The highest BCUT2D eigenvalue weighted by molar-refractivity contribution is 6.31. The Morgan fingerprint density at radius 2 is 1.88 bits per heavy atom. The Morgan fingerprint density at radius 3 is 2.53 bits per heavy atom. The normalized spacial score (nSPS) is 21.1. The molecule has 1 fully saturated rings. The molecule has 0 amide bonds. The number of hydrogen-bond donors (Lipinski definition) is 1. The van der Waals surface area contributed by atoms with Gasteiger partial charge in [0.05, 0.1) is 5.66 Å². The molecule has 0 radical (unpaired) electrons. The molecule has 1 aromatic carbocycles. The van der Waals surface area contributed by atoms with E-state index < -0.39 is 0 Å². The van der Waals surface area contributed by atoms with E-state index >= 15 is 0 Å². The fraction of sp³-hybridized carbons (Fsp3) is 0.571. The lowest BCUT2D eigenvalue weighted by Crippen LogP contribution is -2.56. The highest BCUT2D eigenvalue weighted by Gasteiger charge is 2.29. The number of hydrogen-bond acceptors (Lipinski definition) is 2. The lowest BCUT2D eigenvalue weighted by Gasteiger charge is -2.41. The summed E-state index contributed by atoms with van der Waals surface area (Å²) in [6, 6.07) is 7.98. The molecule has 3 heteroatoms. The highest BCUT2D eigenvalue weighted by atomic mass is 35.5. The lowest BCUT2D eigenvalue weighted by molar-refractivity contribution is 0.0856. The highest BCUT2D eigenvalue weighted by Crippen LogP contribution is 2.24. The van der Waals surface area contributed by atoms with Crippen molar-refractivity contribution in [1.29, 1.82) is 0 Å². The van der Waals surface area contributed by atoms with Gasteiger partial charge in [0.15, 0.2) is 0 Å². The van der Waals surface area contributed by atoms with Crippen molar-refractivity contribution in [3.8, 4) is 0 Å². The Morgan fingerprint density at radius 1 is 1.24 bits per heavy atom. The Balaban J connectivity index is 2.08. The molecule has 1 heterocycles. The minimum Gasteiger partial charge on any atom is -0.313 e. The minimum atomic E-state index is -0.286. The van der Waals surface area contributed by atoms with Gasteiger partial charge in [0.25, 0.3) is 0 Å². The molecule has 2 N–H and O–H groups in total. The van der Waals surface area contributed by atoms with Gasteiger partial charge in [0, 0.05) is 11.4 Å². The Bertz CT molecular complexity index is 370. The van der Waals surface area contributed by atoms with E-state index in [0.717, 1.165) is 30.1 Å². The van der Waals surface area contributed by atoms with E-state index in [1.807, 2.05) is 18.2 Å². The molecule has 1 atom stereocenters. The third-order valence-corrected chi connectivity index (χ3v) is 3.95. The zero-order valence-electron chi connectivity index (χ0n) is 10.5. The minimum absolute atomic E-state index is 0.286. The fourth-order valence-electron chi connectivity index (χ4n) is 2.54.